The van der Waals surface area contributed by atoms with Gasteiger partial charge in [-0.25, -0.2) is 22.5 Å². The van der Waals surface area contributed by atoms with Crippen LogP contribution in [0, 0.1) is 5.82 Å². The normalized spacial score (nSPS) is 12.2. The lowest BCUT2D eigenvalue weighted by molar-refractivity contribution is 0.0939. The van der Waals surface area contributed by atoms with Crippen molar-refractivity contribution < 1.29 is 17.6 Å². The Balaban J connectivity index is 1.65. The monoisotopic (exact) mass is 504 g/mol. The van der Waals surface area contributed by atoms with E-state index in [2.05, 4.69) is 20.3 Å². The van der Waals surface area contributed by atoms with Gasteiger partial charge in [-0.3, -0.25) is 4.79 Å². The summed E-state index contributed by atoms with van der Waals surface area (Å²) in [7, 11) is -3.91. The van der Waals surface area contributed by atoms with Crippen LogP contribution in [-0.2, 0) is 23.1 Å². The van der Waals surface area contributed by atoms with Crippen LogP contribution in [0.15, 0.2) is 65.7 Å². The second-order valence-electron chi connectivity index (χ2n) is 7.76. The first-order valence-corrected chi connectivity index (χ1v) is 12.6. The molecular formula is C24H26ClFN4O3S. The molecule has 2 aromatic carbocycles. The summed E-state index contributed by atoms with van der Waals surface area (Å²) in [5.41, 5.74) is 1.75. The van der Waals surface area contributed by atoms with Crippen LogP contribution in [0.3, 0.4) is 0 Å². The average molecular weight is 505 g/mol. The number of rotatable bonds is 10. The number of hydrogen-bond donors (Lipinski definition) is 3. The summed E-state index contributed by atoms with van der Waals surface area (Å²) in [6.45, 7) is 4.14. The van der Waals surface area contributed by atoms with Gasteiger partial charge in [-0.2, -0.15) is 0 Å². The topological polar surface area (TPSA) is 100 Å². The lowest BCUT2D eigenvalue weighted by Crippen LogP contribution is -2.32. The smallest absolute Gasteiger partial charge is 0.258 e. The van der Waals surface area contributed by atoms with Crippen molar-refractivity contribution in [2.75, 3.05) is 5.32 Å². The standard InChI is InChI=1S/C24H26ClFN4O3S/c1-3-16(2)29-24(31)18-7-4-6-17(12-18)14-28-34(32,33)23-9-5-8-22(30-23)27-15-19-10-11-20(26)13-21(19)25/h4-13,16,28H,3,14-15H2,1-2H3,(H,27,30)(H,29,31). The quantitative estimate of drug-likeness (QED) is 0.377. The summed E-state index contributed by atoms with van der Waals surface area (Å²) in [4.78, 5) is 16.5. The van der Waals surface area contributed by atoms with Gasteiger partial charge in [0.2, 0.25) is 0 Å². The highest BCUT2D eigenvalue weighted by Crippen LogP contribution is 2.19. The lowest BCUT2D eigenvalue weighted by atomic mass is 10.1. The molecule has 0 aliphatic rings. The summed E-state index contributed by atoms with van der Waals surface area (Å²) in [6, 6.07) is 15.4. The van der Waals surface area contributed by atoms with Crippen LogP contribution in [0.4, 0.5) is 10.2 Å². The fourth-order valence-electron chi connectivity index (χ4n) is 3.00. The van der Waals surface area contributed by atoms with Crippen LogP contribution in [0.5, 0.6) is 0 Å². The Labute approximate surface area is 203 Å². The van der Waals surface area contributed by atoms with Crippen molar-refractivity contribution in [1.82, 2.24) is 15.0 Å². The number of hydrogen-bond acceptors (Lipinski definition) is 5. The zero-order valence-corrected chi connectivity index (χ0v) is 20.4. The zero-order chi connectivity index (χ0) is 24.7. The number of nitrogens with zero attached hydrogens (tertiary/aromatic N) is 1. The largest absolute Gasteiger partial charge is 0.366 e. The van der Waals surface area contributed by atoms with E-state index in [4.69, 9.17) is 11.6 Å². The van der Waals surface area contributed by atoms with E-state index in [1.807, 2.05) is 13.8 Å². The molecule has 10 heteroatoms. The molecule has 0 spiro atoms. The number of anilines is 1. The van der Waals surface area contributed by atoms with Gasteiger partial charge in [-0.05, 0) is 60.9 Å². The molecule has 0 saturated heterocycles. The fourth-order valence-corrected chi connectivity index (χ4v) is 4.21. The molecule has 3 rings (SSSR count). The molecule has 0 aliphatic carbocycles. The third-order valence-corrected chi connectivity index (χ3v) is 6.77. The summed E-state index contributed by atoms with van der Waals surface area (Å²) in [5.74, 6) is -0.319. The minimum absolute atomic E-state index is 0.00267. The summed E-state index contributed by atoms with van der Waals surface area (Å²) in [5, 5.41) is 5.98. The number of benzene rings is 2. The van der Waals surface area contributed by atoms with E-state index >= 15 is 0 Å². The molecule has 1 heterocycles. The van der Waals surface area contributed by atoms with Crippen LogP contribution in [0.2, 0.25) is 5.02 Å². The molecule has 7 nitrogen and oxygen atoms in total. The van der Waals surface area contributed by atoms with Gasteiger partial charge in [0.05, 0.1) is 0 Å². The first-order valence-electron chi connectivity index (χ1n) is 10.7. The van der Waals surface area contributed by atoms with E-state index in [9.17, 15) is 17.6 Å². The predicted molar refractivity (Wildman–Crippen MR) is 131 cm³/mol. The Kier molecular flexibility index (Phi) is 8.60. The second-order valence-corrected chi connectivity index (χ2v) is 9.88. The van der Waals surface area contributed by atoms with Crippen molar-refractivity contribution in [3.05, 3.63) is 88.2 Å². The van der Waals surface area contributed by atoms with Gasteiger partial charge in [-0.1, -0.05) is 42.8 Å². The van der Waals surface area contributed by atoms with E-state index in [1.54, 1.807) is 42.5 Å². The number of aromatic nitrogens is 1. The summed E-state index contributed by atoms with van der Waals surface area (Å²) >= 11 is 6.03. The van der Waals surface area contributed by atoms with Crippen molar-refractivity contribution in [3.63, 3.8) is 0 Å². The number of carbonyl (C=O) groups is 1. The summed E-state index contributed by atoms with van der Waals surface area (Å²) < 4.78 is 41.3. The van der Waals surface area contributed by atoms with Crippen molar-refractivity contribution in [1.29, 1.82) is 0 Å². The number of sulfonamides is 1. The molecule has 0 radical (unpaired) electrons. The fraction of sp³-hybridized carbons (Fsp3) is 0.250. The van der Waals surface area contributed by atoms with Gasteiger partial charge in [0.25, 0.3) is 15.9 Å². The van der Waals surface area contributed by atoms with Gasteiger partial charge in [-0.15, -0.1) is 0 Å². The molecule has 3 aromatic rings. The Morgan fingerprint density at radius 3 is 2.59 bits per heavy atom. The predicted octanol–water partition coefficient (Wildman–Crippen LogP) is 4.49. The van der Waals surface area contributed by atoms with E-state index in [-0.39, 0.29) is 35.1 Å². The Hall–Kier alpha value is -3.01. The van der Waals surface area contributed by atoms with Gasteiger partial charge in [0.1, 0.15) is 11.6 Å². The Morgan fingerprint density at radius 1 is 1.09 bits per heavy atom. The molecule has 0 saturated carbocycles. The van der Waals surface area contributed by atoms with Gasteiger partial charge < -0.3 is 10.6 Å². The van der Waals surface area contributed by atoms with Crippen molar-refractivity contribution in [2.24, 2.45) is 0 Å². The molecule has 1 amide bonds. The van der Waals surface area contributed by atoms with Crippen LogP contribution in [-0.4, -0.2) is 25.4 Å². The molecule has 0 aliphatic heterocycles. The SMILES string of the molecule is CCC(C)NC(=O)c1cccc(CNS(=O)(=O)c2cccc(NCc3ccc(F)cc3Cl)n2)c1. The van der Waals surface area contributed by atoms with E-state index < -0.39 is 15.8 Å². The lowest BCUT2D eigenvalue weighted by Gasteiger charge is -2.12. The molecular weight excluding hydrogens is 479 g/mol. The highest BCUT2D eigenvalue weighted by Gasteiger charge is 2.17. The highest BCUT2D eigenvalue weighted by molar-refractivity contribution is 7.89. The van der Waals surface area contributed by atoms with Crippen molar-refractivity contribution in [2.45, 2.75) is 44.4 Å². The molecule has 180 valence electrons. The third-order valence-electron chi connectivity index (χ3n) is 5.12. The average Bonchev–Trinajstić information content (AvgIpc) is 2.82. The molecule has 1 atom stereocenters. The Bertz CT molecular complexity index is 1270. The van der Waals surface area contributed by atoms with Crippen LogP contribution < -0.4 is 15.4 Å². The summed E-state index contributed by atoms with van der Waals surface area (Å²) in [6.07, 6.45) is 0.809. The van der Waals surface area contributed by atoms with E-state index in [1.165, 1.54) is 18.2 Å². The maximum absolute atomic E-state index is 13.2. The van der Waals surface area contributed by atoms with E-state index in [0.717, 1.165) is 6.42 Å². The maximum Gasteiger partial charge on any atom is 0.258 e. The second kappa shape index (κ2) is 11.4. The van der Waals surface area contributed by atoms with Gasteiger partial charge in [0.15, 0.2) is 5.03 Å². The molecule has 1 aromatic heterocycles. The molecule has 0 fully saturated rings. The maximum atomic E-state index is 13.2. The van der Waals surface area contributed by atoms with Crippen molar-refractivity contribution >= 4 is 33.3 Å². The van der Waals surface area contributed by atoms with Crippen LogP contribution in [0.25, 0.3) is 0 Å². The minimum atomic E-state index is -3.91. The van der Waals surface area contributed by atoms with Gasteiger partial charge >= 0.3 is 0 Å². The van der Waals surface area contributed by atoms with Gasteiger partial charge in [0, 0.05) is 29.7 Å². The third kappa shape index (κ3) is 6.99. The first kappa shape index (κ1) is 25.6. The Morgan fingerprint density at radius 2 is 1.85 bits per heavy atom. The van der Waals surface area contributed by atoms with Crippen LogP contribution in [0.1, 0.15) is 41.8 Å². The number of nitrogens with one attached hydrogen (secondary N) is 3. The van der Waals surface area contributed by atoms with E-state index in [0.29, 0.717) is 22.5 Å². The molecule has 3 N–H and O–H groups in total. The zero-order valence-electron chi connectivity index (χ0n) is 18.8. The highest BCUT2D eigenvalue weighted by atomic mass is 35.5. The molecule has 0 bridgehead atoms. The first-order chi connectivity index (χ1) is 16.2. The number of amides is 1. The number of halogens is 2. The number of pyridine rings is 1. The molecule has 1 unspecified atom stereocenters. The molecule has 34 heavy (non-hydrogen) atoms. The van der Waals surface area contributed by atoms with Crippen molar-refractivity contribution in [3.8, 4) is 0 Å². The minimum Gasteiger partial charge on any atom is -0.366 e. The van der Waals surface area contributed by atoms with Crippen LogP contribution >= 0.6 is 11.6 Å². The number of carbonyl (C=O) groups excluding carboxylic acids is 1.